The molecular formula is C12H18N2O. The number of hydrogen-bond donors (Lipinski definition) is 1. The van der Waals surface area contributed by atoms with Crippen LogP contribution < -0.4 is 4.90 Å². The third kappa shape index (κ3) is 2.29. The molecule has 1 aromatic heterocycles. The van der Waals surface area contributed by atoms with Gasteiger partial charge in [0.2, 0.25) is 0 Å². The van der Waals surface area contributed by atoms with Gasteiger partial charge in [-0.3, -0.25) is 0 Å². The molecule has 1 aromatic rings. The monoisotopic (exact) mass is 206 g/mol. The first-order valence-corrected chi connectivity index (χ1v) is 5.61. The van der Waals surface area contributed by atoms with Crippen LogP contribution in [-0.4, -0.2) is 29.3 Å². The molecule has 1 aliphatic heterocycles. The highest BCUT2D eigenvalue weighted by Crippen LogP contribution is 2.23. The number of nitrogens with zero attached hydrogens (tertiary/aromatic N) is 2. The maximum absolute atomic E-state index is 9.32. The molecule has 0 spiro atoms. The molecule has 1 fully saturated rings. The average molecular weight is 206 g/mol. The molecule has 0 unspecified atom stereocenters. The number of pyridine rings is 1. The summed E-state index contributed by atoms with van der Waals surface area (Å²) in [4.78, 5) is 6.61. The van der Waals surface area contributed by atoms with E-state index in [9.17, 15) is 5.11 Å². The number of aliphatic hydroxyl groups is 1. The molecule has 0 saturated carbocycles. The van der Waals surface area contributed by atoms with Gasteiger partial charge in [-0.15, -0.1) is 0 Å². The zero-order valence-corrected chi connectivity index (χ0v) is 9.19. The van der Waals surface area contributed by atoms with Gasteiger partial charge >= 0.3 is 0 Å². The van der Waals surface area contributed by atoms with E-state index in [0.29, 0.717) is 0 Å². The fourth-order valence-corrected chi connectivity index (χ4v) is 2.17. The van der Waals surface area contributed by atoms with Crippen molar-refractivity contribution in [1.29, 1.82) is 0 Å². The van der Waals surface area contributed by atoms with Crippen LogP contribution in [0.1, 0.15) is 24.8 Å². The van der Waals surface area contributed by atoms with Crippen LogP contribution in [0.25, 0.3) is 0 Å². The van der Waals surface area contributed by atoms with Crippen molar-refractivity contribution < 1.29 is 5.11 Å². The summed E-state index contributed by atoms with van der Waals surface area (Å²) >= 11 is 0. The van der Waals surface area contributed by atoms with Crippen molar-refractivity contribution in [1.82, 2.24) is 4.98 Å². The van der Waals surface area contributed by atoms with E-state index in [1.54, 1.807) is 0 Å². The lowest BCUT2D eigenvalue weighted by molar-refractivity contribution is 0.239. The van der Waals surface area contributed by atoms with Crippen molar-refractivity contribution in [2.75, 3.05) is 18.1 Å². The molecule has 1 saturated heterocycles. The van der Waals surface area contributed by atoms with E-state index < -0.39 is 0 Å². The number of aliphatic hydroxyl groups excluding tert-OH is 1. The largest absolute Gasteiger partial charge is 0.394 e. The van der Waals surface area contributed by atoms with Gasteiger partial charge in [-0.25, -0.2) is 4.98 Å². The van der Waals surface area contributed by atoms with Crippen molar-refractivity contribution in [3.05, 3.63) is 23.9 Å². The summed E-state index contributed by atoms with van der Waals surface area (Å²) in [6, 6.07) is 4.35. The molecule has 82 valence electrons. The maximum Gasteiger partial charge on any atom is 0.129 e. The molecule has 2 rings (SSSR count). The SMILES string of the molecule is Cc1ccnc(N2CCCC[C@H]2CO)c1. The van der Waals surface area contributed by atoms with E-state index >= 15 is 0 Å². The number of rotatable bonds is 2. The van der Waals surface area contributed by atoms with Gasteiger partial charge in [0.05, 0.1) is 12.6 Å². The number of piperidine rings is 1. The second-order valence-corrected chi connectivity index (χ2v) is 4.22. The predicted octanol–water partition coefficient (Wildman–Crippen LogP) is 1.74. The highest BCUT2D eigenvalue weighted by Gasteiger charge is 2.22. The molecule has 1 atom stereocenters. The third-order valence-corrected chi connectivity index (χ3v) is 3.03. The molecule has 0 aliphatic carbocycles. The number of aryl methyl sites for hydroxylation is 1. The summed E-state index contributed by atoms with van der Waals surface area (Å²) in [5.41, 5.74) is 1.22. The highest BCUT2D eigenvalue weighted by atomic mass is 16.3. The topological polar surface area (TPSA) is 36.4 Å². The number of aromatic nitrogens is 1. The van der Waals surface area contributed by atoms with Gasteiger partial charge in [0, 0.05) is 12.7 Å². The fraction of sp³-hybridized carbons (Fsp3) is 0.583. The van der Waals surface area contributed by atoms with Crippen molar-refractivity contribution in [3.63, 3.8) is 0 Å². The van der Waals surface area contributed by atoms with Gasteiger partial charge in [-0.1, -0.05) is 0 Å². The minimum absolute atomic E-state index is 0.232. The summed E-state index contributed by atoms with van der Waals surface area (Å²) in [5.74, 6) is 1.01. The van der Waals surface area contributed by atoms with Crippen LogP contribution in [0, 0.1) is 6.92 Å². The summed E-state index contributed by atoms with van der Waals surface area (Å²) < 4.78 is 0. The average Bonchev–Trinajstić information content (AvgIpc) is 2.29. The normalized spacial score (nSPS) is 21.7. The Labute approximate surface area is 90.8 Å². The summed E-state index contributed by atoms with van der Waals surface area (Å²) in [7, 11) is 0. The number of hydrogen-bond acceptors (Lipinski definition) is 3. The Balaban J connectivity index is 2.20. The minimum atomic E-state index is 0.232. The van der Waals surface area contributed by atoms with Crippen LogP contribution in [0.15, 0.2) is 18.3 Å². The maximum atomic E-state index is 9.32. The van der Waals surface area contributed by atoms with E-state index in [1.165, 1.54) is 18.4 Å². The van der Waals surface area contributed by atoms with Crippen LogP contribution in [0.2, 0.25) is 0 Å². The van der Waals surface area contributed by atoms with Crippen molar-refractivity contribution >= 4 is 5.82 Å². The molecule has 1 aliphatic rings. The van der Waals surface area contributed by atoms with E-state index in [4.69, 9.17) is 0 Å². The van der Waals surface area contributed by atoms with Crippen molar-refractivity contribution in [2.24, 2.45) is 0 Å². The van der Waals surface area contributed by atoms with Gasteiger partial charge < -0.3 is 10.0 Å². The lowest BCUT2D eigenvalue weighted by Crippen LogP contribution is -2.42. The van der Waals surface area contributed by atoms with Gasteiger partial charge in [-0.05, 0) is 43.9 Å². The Morgan fingerprint density at radius 2 is 2.40 bits per heavy atom. The first kappa shape index (κ1) is 10.4. The molecule has 0 bridgehead atoms. The minimum Gasteiger partial charge on any atom is -0.394 e. The van der Waals surface area contributed by atoms with Gasteiger partial charge in [-0.2, -0.15) is 0 Å². The quantitative estimate of drug-likeness (QED) is 0.800. The Hall–Kier alpha value is -1.09. The molecule has 0 radical (unpaired) electrons. The predicted molar refractivity (Wildman–Crippen MR) is 61.0 cm³/mol. The Morgan fingerprint density at radius 1 is 1.53 bits per heavy atom. The first-order chi connectivity index (χ1) is 7.31. The second-order valence-electron chi connectivity index (χ2n) is 4.22. The van der Waals surface area contributed by atoms with Crippen LogP contribution >= 0.6 is 0 Å². The lowest BCUT2D eigenvalue weighted by atomic mass is 10.0. The summed E-state index contributed by atoms with van der Waals surface area (Å²) in [6.45, 7) is 3.32. The molecule has 0 amide bonds. The van der Waals surface area contributed by atoms with Gasteiger partial charge in [0.25, 0.3) is 0 Å². The Kier molecular flexibility index (Phi) is 3.21. The van der Waals surface area contributed by atoms with Crippen LogP contribution in [0.4, 0.5) is 5.82 Å². The molecular weight excluding hydrogens is 188 g/mol. The third-order valence-electron chi connectivity index (χ3n) is 3.03. The van der Waals surface area contributed by atoms with Crippen LogP contribution in [-0.2, 0) is 0 Å². The zero-order valence-electron chi connectivity index (χ0n) is 9.19. The van der Waals surface area contributed by atoms with Gasteiger partial charge in [0.1, 0.15) is 5.82 Å². The lowest BCUT2D eigenvalue weighted by Gasteiger charge is -2.35. The molecule has 15 heavy (non-hydrogen) atoms. The summed E-state index contributed by atoms with van der Waals surface area (Å²) in [5, 5.41) is 9.32. The molecule has 3 heteroatoms. The highest BCUT2D eigenvalue weighted by molar-refractivity contribution is 5.42. The van der Waals surface area contributed by atoms with Crippen molar-refractivity contribution in [2.45, 2.75) is 32.2 Å². The van der Waals surface area contributed by atoms with E-state index in [1.807, 2.05) is 12.3 Å². The summed E-state index contributed by atoms with van der Waals surface area (Å²) in [6.07, 6.45) is 5.33. The smallest absolute Gasteiger partial charge is 0.129 e. The van der Waals surface area contributed by atoms with Gasteiger partial charge in [0.15, 0.2) is 0 Å². The molecule has 0 aromatic carbocycles. The molecule has 1 N–H and O–H groups in total. The number of anilines is 1. The first-order valence-electron chi connectivity index (χ1n) is 5.61. The van der Waals surface area contributed by atoms with Crippen molar-refractivity contribution in [3.8, 4) is 0 Å². The Morgan fingerprint density at radius 3 is 3.13 bits per heavy atom. The van der Waals surface area contributed by atoms with Crippen LogP contribution in [0.3, 0.4) is 0 Å². The second kappa shape index (κ2) is 4.62. The zero-order chi connectivity index (χ0) is 10.7. The van der Waals surface area contributed by atoms with E-state index in [0.717, 1.165) is 18.8 Å². The molecule has 3 nitrogen and oxygen atoms in total. The van der Waals surface area contributed by atoms with Crippen LogP contribution in [0.5, 0.6) is 0 Å². The Bertz CT molecular complexity index is 327. The standard InChI is InChI=1S/C12H18N2O/c1-10-5-6-13-12(8-10)14-7-3-2-4-11(14)9-15/h5-6,8,11,15H,2-4,7,9H2,1H3/t11-/m0/s1. The molecule has 2 heterocycles. The van der Waals surface area contributed by atoms with E-state index in [2.05, 4.69) is 22.9 Å². The fourth-order valence-electron chi connectivity index (χ4n) is 2.17. The van der Waals surface area contributed by atoms with E-state index in [-0.39, 0.29) is 12.6 Å².